The van der Waals surface area contributed by atoms with Crippen LogP contribution in [0.4, 0.5) is 0 Å². The largest absolute Gasteiger partial charge is 0.456 e. The van der Waals surface area contributed by atoms with Gasteiger partial charge in [0.15, 0.2) is 5.82 Å². The number of nitrogens with zero attached hydrogens (tertiary/aromatic N) is 3. The maximum atomic E-state index is 6.23. The topological polar surface area (TPSA) is 43.9 Å². The van der Waals surface area contributed by atoms with E-state index in [2.05, 4.69) is 168 Å². The molecule has 0 spiro atoms. The van der Waals surface area contributed by atoms with E-state index in [1.54, 1.807) is 0 Å². The average Bonchev–Trinajstić information content (AvgIpc) is 3.96. The molecule has 0 fully saturated rings. The molecule has 0 N–H and O–H groups in total. The van der Waals surface area contributed by atoms with Crippen molar-refractivity contribution in [3.63, 3.8) is 0 Å². The molecule has 0 saturated carbocycles. The number of hydrogen-bond acceptors (Lipinski definition) is 4. The molecule has 0 radical (unpaired) electrons. The summed E-state index contributed by atoms with van der Waals surface area (Å²) in [5.74, 6) is 0.706. The van der Waals surface area contributed by atoms with E-state index in [-0.39, 0.29) is 0 Å². The molecule has 4 heterocycles. The van der Waals surface area contributed by atoms with E-state index >= 15 is 0 Å². The number of fused-ring (bicyclic) bond motifs is 11. The number of rotatable bonds is 3. The molecule has 0 bridgehead atoms. The van der Waals surface area contributed by atoms with E-state index in [1.165, 1.54) is 74.3 Å². The molecule has 272 valence electrons. The van der Waals surface area contributed by atoms with E-state index in [4.69, 9.17) is 14.4 Å². The van der Waals surface area contributed by atoms with Crippen molar-refractivity contribution in [1.82, 2.24) is 14.5 Å². The third-order valence-electron chi connectivity index (χ3n) is 12.5. The lowest BCUT2D eigenvalue weighted by Gasteiger charge is -2.15. The monoisotopic (exact) mass is 767 g/mol. The molecule has 59 heavy (non-hydrogen) atoms. The minimum atomic E-state index is 0.706. The minimum Gasteiger partial charge on any atom is -0.456 e. The van der Waals surface area contributed by atoms with E-state index < -0.39 is 0 Å². The number of hydrogen-bond donors (Lipinski definition) is 0. The first-order valence-corrected chi connectivity index (χ1v) is 20.8. The van der Waals surface area contributed by atoms with Gasteiger partial charge in [0, 0.05) is 63.9 Å². The minimum absolute atomic E-state index is 0.706. The lowest BCUT2D eigenvalue weighted by Crippen LogP contribution is -1.98. The van der Waals surface area contributed by atoms with Gasteiger partial charge in [0.1, 0.15) is 11.2 Å². The molecule has 0 saturated heterocycles. The van der Waals surface area contributed by atoms with Crippen molar-refractivity contribution >= 4 is 118 Å². The second kappa shape index (κ2) is 11.5. The van der Waals surface area contributed by atoms with Crippen LogP contribution < -0.4 is 0 Å². The van der Waals surface area contributed by atoms with Crippen LogP contribution in [-0.4, -0.2) is 14.5 Å². The molecular weight excluding hydrogens is 739 g/mol. The molecule has 0 atom stereocenters. The van der Waals surface area contributed by atoms with Crippen LogP contribution in [0.1, 0.15) is 0 Å². The number of benzene rings is 10. The lowest BCUT2D eigenvalue weighted by atomic mass is 9.92. The summed E-state index contributed by atoms with van der Waals surface area (Å²) in [7, 11) is 0. The first kappa shape index (κ1) is 31.5. The van der Waals surface area contributed by atoms with Crippen LogP contribution >= 0.6 is 11.3 Å². The van der Waals surface area contributed by atoms with E-state index in [9.17, 15) is 0 Å². The summed E-state index contributed by atoms with van der Waals surface area (Å²) in [5, 5.41) is 15.9. The Morgan fingerprint density at radius 1 is 0.441 bits per heavy atom. The molecule has 0 aliphatic rings. The fraction of sp³-hybridized carbons (Fsp3) is 0. The van der Waals surface area contributed by atoms with Gasteiger partial charge < -0.3 is 8.98 Å². The van der Waals surface area contributed by atoms with Crippen LogP contribution in [0.25, 0.3) is 135 Å². The van der Waals surface area contributed by atoms with Gasteiger partial charge in [0.2, 0.25) is 0 Å². The molecule has 4 nitrogen and oxygen atoms in total. The van der Waals surface area contributed by atoms with Gasteiger partial charge in [-0.1, -0.05) is 115 Å². The van der Waals surface area contributed by atoms with Crippen LogP contribution in [0.3, 0.4) is 0 Å². The predicted molar refractivity (Wildman–Crippen MR) is 249 cm³/mol. The summed E-state index contributed by atoms with van der Waals surface area (Å²) in [6, 6.07) is 63.6. The summed E-state index contributed by atoms with van der Waals surface area (Å²) in [6.07, 6.45) is 0. The Hall–Kier alpha value is -7.60. The van der Waals surface area contributed by atoms with Crippen molar-refractivity contribution in [2.45, 2.75) is 0 Å². The number of para-hydroxylation sites is 3. The summed E-state index contributed by atoms with van der Waals surface area (Å²) >= 11 is 1.81. The van der Waals surface area contributed by atoms with Crippen LogP contribution in [-0.2, 0) is 0 Å². The molecule has 5 heteroatoms. The standard InChI is InChI=1S/C54H29N3OS/c1-5-16-43-37(14-1)52(33-23-25-47-40(26-33)35-12-3-7-18-46(35)58-47)56-54(55-43)42-29-34(28-41-36-13-4-8-19-48(36)59-53(41)42)57-44-17-6-2-15-38(44)51-39-24-22-31-11-9-10-30-20-21-32(27-45(51)57)50(39)49(30)31/h1-29H. The molecule has 0 aliphatic heterocycles. The zero-order valence-corrected chi connectivity index (χ0v) is 32.2. The van der Waals surface area contributed by atoms with Gasteiger partial charge in [-0.25, -0.2) is 9.97 Å². The van der Waals surface area contributed by atoms with Gasteiger partial charge in [-0.3, -0.25) is 0 Å². The highest BCUT2D eigenvalue weighted by Gasteiger charge is 2.22. The predicted octanol–water partition coefficient (Wildman–Crippen LogP) is 15.2. The molecule has 4 aromatic heterocycles. The maximum Gasteiger partial charge on any atom is 0.161 e. The summed E-state index contributed by atoms with van der Waals surface area (Å²) < 4.78 is 11.1. The van der Waals surface area contributed by atoms with E-state index in [0.29, 0.717) is 5.82 Å². The number of furan rings is 1. The van der Waals surface area contributed by atoms with Crippen molar-refractivity contribution in [3.05, 3.63) is 176 Å². The normalized spacial score (nSPS) is 12.4. The van der Waals surface area contributed by atoms with E-state index in [0.717, 1.165) is 55.3 Å². The van der Waals surface area contributed by atoms with Crippen LogP contribution in [0.5, 0.6) is 0 Å². The summed E-state index contributed by atoms with van der Waals surface area (Å²) in [5.41, 5.74) is 9.04. The van der Waals surface area contributed by atoms with E-state index in [1.807, 2.05) is 23.5 Å². The van der Waals surface area contributed by atoms with Gasteiger partial charge in [0.05, 0.1) is 22.2 Å². The van der Waals surface area contributed by atoms with Crippen molar-refractivity contribution in [2.75, 3.05) is 0 Å². The quantitative estimate of drug-likeness (QED) is 0.168. The number of aromatic nitrogens is 3. The van der Waals surface area contributed by atoms with Crippen molar-refractivity contribution in [2.24, 2.45) is 0 Å². The molecule has 14 rings (SSSR count). The Morgan fingerprint density at radius 2 is 1.19 bits per heavy atom. The zero-order valence-electron chi connectivity index (χ0n) is 31.4. The smallest absolute Gasteiger partial charge is 0.161 e. The number of thiophene rings is 1. The molecule has 0 amide bonds. The van der Waals surface area contributed by atoms with Crippen molar-refractivity contribution < 1.29 is 4.42 Å². The zero-order chi connectivity index (χ0) is 38.3. The van der Waals surface area contributed by atoms with Crippen molar-refractivity contribution in [3.8, 4) is 28.3 Å². The summed E-state index contributed by atoms with van der Waals surface area (Å²) in [6.45, 7) is 0. The molecule has 10 aromatic carbocycles. The second-order valence-electron chi connectivity index (χ2n) is 15.7. The van der Waals surface area contributed by atoms with Gasteiger partial charge in [-0.15, -0.1) is 11.3 Å². The fourth-order valence-electron chi connectivity index (χ4n) is 9.94. The van der Waals surface area contributed by atoms with Crippen LogP contribution in [0.15, 0.2) is 180 Å². The third-order valence-corrected chi connectivity index (χ3v) is 13.7. The first-order valence-electron chi connectivity index (χ1n) is 20.0. The highest BCUT2D eigenvalue weighted by Crippen LogP contribution is 2.46. The van der Waals surface area contributed by atoms with Crippen LogP contribution in [0.2, 0.25) is 0 Å². The lowest BCUT2D eigenvalue weighted by molar-refractivity contribution is 0.669. The maximum absolute atomic E-state index is 6.23. The SMILES string of the molecule is c1cc2ccc3cc4c(c5ccc(c1)c2c35)c1ccccc1n4-c1cc(-c2nc(-c3ccc4oc5ccccc5c4c3)c3ccccc3n2)c2sc3ccccc3c2c1. The van der Waals surface area contributed by atoms with Gasteiger partial charge in [0.25, 0.3) is 0 Å². The van der Waals surface area contributed by atoms with Gasteiger partial charge >= 0.3 is 0 Å². The highest BCUT2D eigenvalue weighted by atomic mass is 32.1. The van der Waals surface area contributed by atoms with Gasteiger partial charge in [-0.2, -0.15) is 0 Å². The van der Waals surface area contributed by atoms with Crippen LogP contribution in [0, 0.1) is 0 Å². The molecular formula is C54H29N3OS. The highest BCUT2D eigenvalue weighted by molar-refractivity contribution is 7.26. The second-order valence-corrected chi connectivity index (χ2v) is 16.7. The molecule has 0 aliphatic carbocycles. The molecule has 14 aromatic rings. The Bertz CT molecular complexity index is 4080. The first-order chi connectivity index (χ1) is 29.2. The third kappa shape index (κ3) is 4.32. The molecule has 0 unspecified atom stereocenters. The average molecular weight is 768 g/mol. The fourth-order valence-corrected chi connectivity index (χ4v) is 11.1. The Balaban J connectivity index is 1.09. The Morgan fingerprint density at radius 3 is 2.10 bits per heavy atom. The Labute approximate surface area is 340 Å². The Kier molecular flexibility index (Phi) is 6.14. The van der Waals surface area contributed by atoms with Gasteiger partial charge in [-0.05, 0) is 93.0 Å². The van der Waals surface area contributed by atoms with Crippen molar-refractivity contribution in [1.29, 1.82) is 0 Å². The summed E-state index contributed by atoms with van der Waals surface area (Å²) in [4.78, 5) is 10.9.